The van der Waals surface area contributed by atoms with E-state index in [2.05, 4.69) is 0 Å². The lowest BCUT2D eigenvalue weighted by Gasteiger charge is -2.20. The predicted molar refractivity (Wildman–Crippen MR) is 55.4 cm³/mol. The van der Waals surface area contributed by atoms with Gasteiger partial charge in [-0.15, -0.1) is 11.8 Å². The first-order valence-electron chi connectivity index (χ1n) is 4.08. The molecular weight excluding hydrogens is 185 g/mol. The third-order valence-electron chi connectivity index (χ3n) is 1.87. The van der Waals surface area contributed by atoms with Crippen LogP contribution in [0.3, 0.4) is 0 Å². The number of hydrogen-bond acceptors (Lipinski definition) is 2. The number of halogens is 1. The summed E-state index contributed by atoms with van der Waals surface area (Å²) in [6.45, 7) is 3.59. The number of thioether (sulfide) groups is 1. The molecule has 0 aliphatic rings. The number of benzene rings is 1. The molecule has 0 aliphatic heterocycles. The second-order valence-electron chi connectivity index (χ2n) is 3.57. The van der Waals surface area contributed by atoms with Gasteiger partial charge in [-0.2, -0.15) is 0 Å². The molecule has 1 aromatic carbocycles. The van der Waals surface area contributed by atoms with Crippen LogP contribution in [0, 0.1) is 5.82 Å². The molecule has 2 N–H and O–H groups in total. The van der Waals surface area contributed by atoms with Crippen LogP contribution in [0.5, 0.6) is 0 Å². The van der Waals surface area contributed by atoms with E-state index in [1.165, 1.54) is 17.8 Å². The highest BCUT2D eigenvalue weighted by molar-refractivity contribution is 7.98. The summed E-state index contributed by atoms with van der Waals surface area (Å²) in [7, 11) is 0. The normalized spacial score (nSPS) is 11.8. The zero-order valence-electron chi connectivity index (χ0n) is 8.10. The molecule has 0 atom stereocenters. The molecular formula is C10H14FNS. The van der Waals surface area contributed by atoms with E-state index in [-0.39, 0.29) is 5.82 Å². The van der Waals surface area contributed by atoms with Crippen LogP contribution >= 0.6 is 11.8 Å². The van der Waals surface area contributed by atoms with E-state index in [0.717, 1.165) is 4.90 Å². The second-order valence-corrected chi connectivity index (χ2v) is 4.45. The van der Waals surface area contributed by atoms with E-state index < -0.39 is 5.54 Å². The van der Waals surface area contributed by atoms with Crippen molar-refractivity contribution in [3.8, 4) is 0 Å². The lowest BCUT2D eigenvalue weighted by Crippen LogP contribution is -2.29. The SMILES string of the molecule is CSc1ccc(C(C)(C)N)c(F)c1. The van der Waals surface area contributed by atoms with Crippen molar-refractivity contribution >= 4 is 11.8 Å². The smallest absolute Gasteiger partial charge is 0.129 e. The van der Waals surface area contributed by atoms with Crippen LogP contribution in [0.2, 0.25) is 0 Å². The van der Waals surface area contributed by atoms with Crippen molar-refractivity contribution in [1.82, 2.24) is 0 Å². The zero-order valence-corrected chi connectivity index (χ0v) is 8.91. The minimum absolute atomic E-state index is 0.223. The Balaban J connectivity index is 3.13. The topological polar surface area (TPSA) is 26.0 Å². The van der Waals surface area contributed by atoms with Gasteiger partial charge in [0.05, 0.1) is 0 Å². The van der Waals surface area contributed by atoms with Crippen molar-refractivity contribution in [3.05, 3.63) is 29.6 Å². The van der Waals surface area contributed by atoms with Crippen LogP contribution in [0.15, 0.2) is 23.1 Å². The van der Waals surface area contributed by atoms with E-state index in [1.807, 2.05) is 12.3 Å². The molecule has 0 spiro atoms. The standard InChI is InChI=1S/C10H14FNS/c1-10(2,12)8-5-4-7(13-3)6-9(8)11/h4-6H,12H2,1-3H3. The number of nitrogens with two attached hydrogens (primary N) is 1. The van der Waals surface area contributed by atoms with Gasteiger partial charge in [0.1, 0.15) is 5.82 Å². The minimum atomic E-state index is -0.610. The molecule has 0 bridgehead atoms. The highest BCUT2D eigenvalue weighted by Crippen LogP contribution is 2.24. The van der Waals surface area contributed by atoms with Gasteiger partial charge in [-0.1, -0.05) is 6.07 Å². The van der Waals surface area contributed by atoms with Crippen molar-refractivity contribution in [2.24, 2.45) is 5.73 Å². The molecule has 0 heterocycles. The third-order valence-corrected chi connectivity index (χ3v) is 2.60. The fourth-order valence-corrected chi connectivity index (χ4v) is 1.57. The van der Waals surface area contributed by atoms with Gasteiger partial charge in [0.2, 0.25) is 0 Å². The zero-order chi connectivity index (χ0) is 10.1. The Hall–Kier alpha value is -0.540. The van der Waals surface area contributed by atoms with Gasteiger partial charge in [-0.3, -0.25) is 0 Å². The number of hydrogen-bond donors (Lipinski definition) is 1. The molecule has 0 aliphatic carbocycles. The number of rotatable bonds is 2. The molecule has 1 nitrogen and oxygen atoms in total. The van der Waals surface area contributed by atoms with Crippen molar-refractivity contribution in [2.45, 2.75) is 24.3 Å². The van der Waals surface area contributed by atoms with Gasteiger partial charge in [0, 0.05) is 16.0 Å². The summed E-state index contributed by atoms with van der Waals surface area (Å²) in [5, 5.41) is 0. The maximum atomic E-state index is 13.4. The molecule has 0 amide bonds. The average Bonchev–Trinajstić information content (AvgIpc) is 2.01. The summed E-state index contributed by atoms with van der Waals surface area (Å²) in [6.07, 6.45) is 1.92. The van der Waals surface area contributed by atoms with Crippen molar-refractivity contribution < 1.29 is 4.39 Å². The first-order chi connectivity index (χ1) is 5.95. The summed E-state index contributed by atoms with van der Waals surface area (Å²) in [6, 6.07) is 5.16. The third kappa shape index (κ3) is 2.45. The highest BCUT2D eigenvalue weighted by atomic mass is 32.2. The Morgan fingerprint density at radius 1 is 1.38 bits per heavy atom. The van der Waals surface area contributed by atoms with E-state index in [1.54, 1.807) is 19.9 Å². The molecule has 0 saturated heterocycles. The minimum Gasteiger partial charge on any atom is -0.322 e. The molecule has 72 valence electrons. The van der Waals surface area contributed by atoms with E-state index in [9.17, 15) is 4.39 Å². The van der Waals surface area contributed by atoms with Crippen LogP contribution in [0.1, 0.15) is 19.4 Å². The van der Waals surface area contributed by atoms with E-state index in [4.69, 9.17) is 5.73 Å². The van der Waals surface area contributed by atoms with Gasteiger partial charge < -0.3 is 5.73 Å². The quantitative estimate of drug-likeness (QED) is 0.741. The molecule has 0 aromatic heterocycles. The molecule has 1 aromatic rings. The monoisotopic (exact) mass is 199 g/mol. The predicted octanol–water partition coefficient (Wildman–Crippen LogP) is 2.74. The van der Waals surface area contributed by atoms with E-state index >= 15 is 0 Å². The maximum absolute atomic E-state index is 13.4. The van der Waals surface area contributed by atoms with Crippen molar-refractivity contribution in [1.29, 1.82) is 0 Å². The summed E-state index contributed by atoms with van der Waals surface area (Å²) in [5.74, 6) is -0.223. The first-order valence-corrected chi connectivity index (χ1v) is 5.30. The van der Waals surface area contributed by atoms with Crippen molar-refractivity contribution in [3.63, 3.8) is 0 Å². The average molecular weight is 199 g/mol. The van der Waals surface area contributed by atoms with Crippen LogP contribution in [-0.2, 0) is 5.54 Å². The van der Waals surface area contributed by atoms with E-state index in [0.29, 0.717) is 5.56 Å². The molecule has 1 rings (SSSR count). The lowest BCUT2D eigenvalue weighted by atomic mass is 9.95. The Morgan fingerprint density at radius 2 is 2.00 bits per heavy atom. The summed E-state index contributed by atoms with van der Waals surface area (Å²) < 4.78 is 13.4. The highest BCUT2D eigenvalue weighted by Gasteiger charge is 2.18. The second kappa shape index (κ2) is 3.68. The van der Waals surface area contributed by atoms with Gasteiger partial charge in [-0.05, 0) is 32.2 Å². The lowest BCUT2D eigenvalue weighted by molar-refractivity contribution is 0.500. The Labute approximate surface area is 82.5 Å². The Kier molecular flexibility index (Phi) is 2.98. The summed E-state index contributed by atoms with van der Waals surface area (Å²) in [5.41, 5.74) is 5.75. The molecule has 0 radical (unpaired) electrons. The molecule has 0 fully saturated rings. The van der Waals surface area contributed by atoms with Gasteiger partial charge in [-0.25, -0.2) is 4.39 Å². The summed E-state index contributed by atoms with van der Waals surface area (Å²) >= 11 is 1.52. The Morgan fingerprint density at radius 3 is 2.38 bits per heavy atom. The first kappa shape index (κ1) is 10.5. The summed E-state index contributed by atoms with van der Waals surface area (Å²) in [4.78, 5) is 0.922. The molecule has 0 unspecified atom stereocenters. The fourth-order valence-electron chi connectivity index (χ4n) is 1.15. The van der Waals surface area contributed by atoms with Crippen molar-refractivity contribution in [2.75, 3.05) is 6.26 Å². The fraction of sp³-hybridized carbons (Fsp3) is 0.400. The van der Waals surface area contributed by atoms with Gasteiger partial charge in [0.25, 0.3) is 0 Å². The maximum Gasteiger partial charge on any atom is 0.129 e. The van der Waals surface area contributed by atoms with Crippen LogP contribution < -0.4 is 5.73 Å². The van der Waals surface area contributed by atoms with Gasteiger partial charge >= 0.3 is 0 Å². The Bertz CT molecular complexity index is 304. The largest absolute Gasteiger partial charge is 0.322 e. The van der Waals surface area contributed by atoms with Gasteiger partial charge in [0.15, 0.2) is 0 Å². The molecule has 13 heavy (non-hydrogen) atoms. The van der Waals surface area contributed by atoms with Crippen LogP contribution in [0.25, 0.3) is 0 Å². The molecule has 3 heteroatoms. The van der Waals surface area contributed by atoms with Crippen LogP contribution in [0.4, 0.5) is 4.39 Å². The molecule has 0 saturated carbocycles. The van der Waals surface area contributed by atoms with Crippen LogP contribution in [-0.4, -0.2) is 6.26 Å².